The van der Waals surface area contributed by atoms with Crippen LogP contribution < -0.4 is 16.0 Å². The predicted molar refractivity (Wildman–Crippen MR) is 76.6 cm³/mol. The Morgan fingerprint density at radius 2 is 2.10 bits per heavy atom. The van der Waals surface area contributed by atoms with E-state index in [1.807, 2.05) is 0 Å². The van der Waals surface area contributed by atoms with Gasteiger partial charge in [-0.25, -0.2) is 4.39 Å². The number of nitro groups is 1. The molecule has 8 heteroatoms. The summed E-state index contributed by atoms with van der Waals surface area (Å²) in [7, 11) is 0. The summed E-state index contributed by atoms with van der Waals surface area (Å²) in [6.45, 7) is -0.00738. The lowest BCUT2D eigenvalue weighted by Gasteiger charge is -2.11. The third kappa shape index (κ3) is 3.59. The van der Waals surface area contributed by atoms with Crippen LogP contribution in [0.4, 0.5) is 15.8 Å². The summed E-state index contributed by atoms with van der Waals surface area (Å²) in [5, 5.41) is 10.9. The second kappa shape index (κ2) is 6.38. The molecule has 2 rings (SSSR count). The van der Waals surface area contributed by atoms with Gasteiger partial charge in [0, 0.05) is 17.7 Å². The molecule has 0 aromatic heterocycles. The van der Waals surface area contributed by atoms with Gasteiger partial charge in [0.2, 0.25) is 0 Å². The Labute approximate surface area is 124 Å². The summed E-state index contributed by atoms with van der Waals surface area (Å²) in [6, 6.07) is 7.84. The van der Waals surface area contributed by atoms with Gasteiger partial charge in [0.25, 0.3) is 5.69 Å². The van der Waals surface area contributed by atoms with Gasteiger partial charge in [0.1, 0.15) is 18.2 Å². The van der Waals surface area contributed by atoms with Gasteiger partial charge in [0.15, 0.2) is 0 Å². The van der Waals surface area contributed by atoms with E-state index >= 15 is 0 Å². The molecule has 0 amide bonds. The van der Waals surface area contributed by atoms with Crippen molar-refractivity contribution in [1.82, 2.24) is 0 Å². The number of nitro benzene ring substituents is 1. The molecular formula is C13H11ClFN3O3. The number of nitrogens with two attached hydrogens (primary N) is 1. The van der Waals surface area contributed by atoms with Gasteiger partial charge in [-0.3, -0.25) is 16.0 Å². The first-order chi connectivity index (χ1) is 10.0. The van der Waals surface area contributed by atoms with Crippen molar-refractivity contribution in [2.24, 2.45) is 5.84 Å². The highest BCUT2D eigenvalue weighted by Gasteiger charge is 2.12. The number of nitrogens with one attached hydrogen (secondary N) is 1. The normalized spacial score (nSPS) is 10.2. The fourth-order valence-electron chi connectivity index (χ4n) is 1.70. The van der Waals surface area contributed by atoms with Gasteiger partial charge in [-0.15, -0.1) is 0 Å². The van der Waals surface area contributed by atoms with Crippen molar-refractivity contribution < 1.29 is 14.1 Å². The number of hydrazine groups is 1. The summed E-state index contributed by atoms with van der Waals surface area (Å²) in [5.74, 6) is 5.14. The van der Waals surface area contributed by atoms with Crippen molar-refractivity contribution in [2.75, 3.05) is 5.43 Å². The van der Waals surface area contributed by atoms with E-state index in [0.29, 0.717) is 11.3 Å². The van der Waals surface area contributed by atoms with Crippen LogP contribution in [0.2, 0.25) is 5.02 Å². The SMILES string of the molecule is NNc1ccc([N+](=O)[O-])cc1COc1ccc(F)cc1Cl. The zero-order valence-corrected chi connectivity index (χ0v) is 11.4. The summed E-state index contributed by atoms with van der Waals surface area (Å²) in [4.78, 5) is 10.2. The Balaban J connectivity index is 2.22. The lowest BCUT2D eigenvalue weighted by Crippen LogP contribution is -2.11. The molecule has 0 unspecified atom stereocenters. The van der Waals surface area contributed by atoms with Crippen LogP contribution in [0.3, 0.4) is 0 Å². The first-order valence-corrected chi connectivity index (χ1v) is 6.21. The maximum Gasteiger partial charge on any atom is 0.269 e. The number of nitrogen functional groups attached to an aromatic ring is 1. The molecule has 2 aromatic rings. The van der Waals surface area contributed by atoms with Crippen molar-refractivity contribution in [3.05, 3.63) is 62.9 Å². The second-order valence-corrected chi connectivity index (χ2v) is 4.51. The first kappa shape index (κ1) is 15.0. The zero-order chi connectivity index (χ0) is 15.4. The van der Waals surface area contributed by atoms with Crippen molar-refractivity contribution in [2.45, 2.75) is 6.61 Å². The molecule has 0 fully saturated rings. The number of ether oxygens (including phenoxy) is 1. The maximum atomic E-state index is 12.9. The standard InChI is InChI=1S/C13H11ClFN3O3/c14-11-6-9(15)1-4-13(11)21-7-8-5-10(18(19)20)2-3-12(8)17-16/h1-6,17H,7,16H2. The van der Waals surface area contributed by atoms with E-state index in [-0.39, 0.29) is 23.1 Å². The van der Waals surface area contributed by atoms with Crippen LogP contribution in [-0.2, 0) is 6.61 Å². The maximum absolute atomic E-state index is 12.9. The van der Waals surface area contributed by atoms with E-state index in [1.54, 1.807) is 0 Å². The number of anilines is 1. The molecule has 0 spiro atoms. The molecule has 6 nitrogen and oxygen atoms in total. The van der Waals surface area contributed by atoms with Crippen LogP contribution in [-0.4, -0.2) is 4.92 Å². The molecule has 0 radical (unpaired) electrons. The van der Waals surface area contributed by atoms with Crippen LogP contribution in [0.15, 0.2) is 36.4 Å². The molecule has 0 aliphatic carbocycles. The molecule has 0 aliphatic heterocycles. The Hall–Kier alpha value is -2.38. The summed E-state index contributed by atoms with van der Waals surface area (Å²) in [5.41, 5.74) is 3.30. The van der Waals surface area contributed by atoms with Crippen molar-refractivity contribution >= 4 is 23.0 Å². The van der Waals surface area contributed by atoms with Gasteiger partial charge in [-0.1, -0.05) is 11.6 Å². The Kier molecular flexibility index (Phi) is 4.56. The number of halogens is 2. The van der Waals surface area contributed by atoms with E-state index in [9.17, 15) is 14.5 Å². The topological polar surface area (TPSA) is 90.4 Å². The summed E-state index contributed by atoms with van der Waals surface area (Å²) >= 11 is 5.84. The third-order valence-electron chi connectivity index (χ3n) is 2.73. The minimum Gasteiger partial charge on any atom is -0.487 e. The Bertz CT molecular complexity index is 682. The second-order valence-electron chi connectivity index (χ2n) is 4.11. The molecule has 2 aromatic carbocycles. The smallest absolute Gasteiger partial charge is 0.269 e. The fourth-order valence-corrected chi connectivity index (χ4v) is 1.92. The molecule has 0 saturated heterocycles. The summed E-state index contributed by atoms with van der Waals surface area (Å²) < 4.78 is 18.4. The Morgan fingerprint density at radius 1 is 1.33 bits per heavy atom. The Morgan fingerprint density at radius 3 is 2.71 bits per heavy atom. The van der Waals surface area contributed by atoms with Gasteiger partial charge in [-0.05, 0) is 24.3 Å². The van der Waals surface area contributed by atoms with Gasteiger partial charge < -0.3 is 10.2 Å². The van der Waals surface area contributed by atoms with Crippen LogP contribution in [0.5, 0.6) is 5.75 Å². The number of nitrogens with zero attached hydrogens (tertiary/aromatic N) is 1. The number of hydrogen-bond acceptors (Lipinski definition) is 5. The average Bonchev–Trinajstić information content (AvgIpc) is 2.46. The van der Waals surface area contributed by atoms with E-state index in [2.05, 4.69) is 5.43 Å². The average molecular weight is 312 g/mol. The minimum absolute atomic E-state index is 0.00738. The molecule has 0 saturated carbocycles. The van der Waals surface area contributed by atoms with Crippen molar-refractivity contribution in [3.63, 3.8) is 0 Å². The van der Waals surface area contributed by atoms with Crippen molar-refractivity contribution in [1.29, 1.82) is 0 Å². The van der Waals surface area contributed by atoms with Crippen molar-refractivity contribution in [3.8, 4) is 5.75 Å². The lowest BCUT2D eigenvalue weighted by molar-refractivity contribution is -0.384. The molecule has 0 bridgehead atoms. The van der Waals surface area contributed by atoms with E-state index in [4.69, 9.17) is 22.2 Å². The third-order valence-corrected chi connectivity index (χ3v) is 3.03. The molecule has 110 valence electrons. The van der Waals surface area contributed by atoms with Gasteiger partial charge >= 0.3 is 0 Å². The van der Waals surface area contributed by atoms with Crippen LogP contribution >= 0.6 is 11.6 Å². The van der Waals surface area contributed by atoms with E-state index in [1.165, 1.54) is 30.3 Å². The molecule has 0 atom stereocenters. The van der Waals surface area contributed by atoms with Gasteiger partial charge in [-0.2, -0.15) is 0 Å². The number of hydrogen-bond donors (Lipinski definition) is 2. The zero-order valence-electron chi connectivity index (χ0n) is 10.7. The quantitative estimate of drug-likeness (QED) is 0.502. The molecule has 21 heavy (non-hydrogen) atoms. The molecule has 0 heterocycles. The lowest BCUT2D eigenvalue weighted by atomic mass is 10.1. The fraction of sp³-hybridized carbons (Fsp3) is 0.0769. The monoisotopic (exact) mass is 311 g/mol. The highest BCUT2D eigenvalue weighted by Crippen LogP contribution is 2.28. The van der Waals surface area contributed by atoms with E-state index in [0.717, 1.165) is 6.07 Å². The van der Waals surface area contributed by atoms with E-state index < -0.39 is 10.7 Å². The first-order valence-electron chi connectivity index (χ1n) is 5.83. The largest absolute Gasteiger partial charge is 0.487 e. The number of benzene rings is 2. The highest BCUT2D eigenvalue weighted by molar-refractivity contribution is 6.32. The number of non-ortho nitro benzene ring substituents is 1. The van der Waals surface area contributed by atoms with Crippen LogP contribution in [0.25, 0.3) is 0 Å². The molecular weight excluding hydrogens is 301 g/mol. The molecule has 0 aliphatic rings. The van der Waals surface area contributed by atoms with Crippen LogP contribution in [0, 0.1) is 15.9 Å². The highest BCUT2D eigenvalue weighted by atomic mass is 35.5. The van der Waals surface area contributed by atoms with Gasteiger partial charge in [0.05, 0.1) is 15.6 Å². The summed E-state index contributed by atoms with van der Waals surface area (Å²) in [6.07, 6.45) is 0. The molecule has 3 N–H and O–H groups in total. The minimum atomic E-state index is -0.519. The number of rotatable bonds is 5. The van der Waals surface area contributed by atoms with Crippen LogP contribution in [0.1, 0.15) is 5.56 Å². The predicted octanol–water partition coefficient (Wildman–Crippen LogP) is 3.25.